The van der Waals surface area contributed by atoms with Crippen molar-refractivity contribution in [3.8, 4) is 0 Å². The average molecular weight is 332 g/mol. The summed E-state index contributed by atoms with van der Waals surface area (Å²) < 4.78 is 11.1. The van der Waals surface area contributed by atoms with Crippen LogP contribution >= 0.6 is 0 Å². The molecule has 23 heavy (non-hydrogen) atoms. The van der Waals surface area contributed by atoms with Crippen LogP contribution in [0.2, 0.25) is 0 Å². The maximum Gasteiger partial charge on any atom is 0.335 e. The van der Waals surface area contributed by atoms with Gasteiger partial charge in [0.05, 0.1) is 6.10 Å². The van der Waals surface area contributed by atoms with Crippen molar-refractivity contribution >= 4 is 5.97 Å². The van der Waals surface area contributed by atoms with Crippen LogP contribution in [0.5, 0.6) is 0 Å². The molecule has 8 atom stereocenters. The van der Waals surface area contributed by atoms with Crippen LogP contribution in [0, 0.1) is 17.8 Å². The van der Waals surface area contributed by atoms with Crippen LogP contribution in [0.15, 0.2) is 0 Å². The fraction of sp³-hybridized carbons (Fsp3) is 0.938. The van der Waals surface area contributed by atoms with E-state index in [9.17, 15) is 20.1 Å². The van der Waals surface area contributed by atoms with Crippen molar-refractivity contribution in [3.63, 3.8) is 0 Å². The number of aliphatic hydroxyl groups is 3. The van der Waals surface area contributed by atoms with Gasteiger partial charge in [0.2, 0.25) is 0 Å². The van der Waals surface area contributed by atoms with Gasteiger partial charge in [0, 0.05) is 0 Å². The van der Waals surface area contributed by atoms with Gasteiger partial charge in [-0.05, 0) is 30.6 Å². The zero-order valence-electron chi connectivity index (χ0n) is 13.8. The van der Waals surface area contributed by atoms with Gasteiger partial charge in [-0.1, -0.05) is 27.2 Å². The molecule has 0 spiro atoms. The molecule has 1 aliphatic carbocycles. The maximum atomic E-state index is 11.1. The molecule has 2 aliphatic rings. The lowest BCUT2D eigenvalue weighted by atomic mass is 9.75. The van der Waals surface area contributed by atoms with Crippen LogP contribution in [0.3, 0.4) is 0 Å². The smallest absolute Gasteiger partial charge is 0.335 e. The van der Waals surface area contributed by atoms with Crippen LogP contribution in [0.25, 0.3) is 0 Å². The number of rotatable bonds is 4. The molecule has 7 nitrogen and oxygen atoms in total. The fourth-order valence-electron chi connectivity index (χ4n) is 3.61. The SMILES string of the molecule is CC1CCC(C(C)C)C(OC2OC(C(=O)O)C(O)C(O)C2O)C1. The number of carboxylic acid groups (broad SMARTS) is 1. The second kappa shape index (κ2) is 7.44. The number of hydrogen-bond acceptors (Lipinski definition) is 6. The van der Waals surface area contributed by atoms with E-state index in [1.165, 1.54) is 0 Å². The van der Waals surface area contributed by atoms with E-state index in [1.54, 1.807) is 0 Å². The average Bonchev–Trinajstić information content (AvgIpc) is 2.47. The van der Waals surface area contributed by atoms with Crippen LogP contribution in [-0.2, 0) is 14.3 Å². The first-order chi connectivity index (χ1) is 10.7. The summed E-state index contributed by atoms with van der Waals surface area (Å²) in [5.74, 6) is -0.246. The molecule has 1 saturated heterocycles. The van der Waals surface area contributed by atoms with E-state index in [4.69, 9.17) is 14.6 Å². The molecule has 8 unspecified atom stereocenters. The highest BCUT2D eigenvalue weighted by Crippen LogP contribution is 2.37. The number of aliphatic carboxylic acids is 1. The Morgan fingerprint density at radius 1 is 1.13 bits per heavy atom. The summed E-state index contributed by atoms with van der Waals surface area (Å²) in [7, 11) is 0. The Hall–Kier alpha value is -0.730. The van der Waals surface area contributed by atoms with Crippen LogP contribution in [0.4, 0.5) is 0 Å². The summed E-state index contributed by atoms with van der Waals surface area (Å²) in [6.45, 7) is 6.34. The first-order valence-corrected chi connectivity index (χ1v) is 8.30. The van der Waals surface area contributed by atoms with Crippen LogP contribution in [0.1, 0.15) is 40.0 Å². The summed E-state index contributed by atoms with van der Waals surface area (Å²) >= 11 is 0. The summed E-state index contributed by atoms with van der Waals surface area (Å²) in [6, 6.07) is 0. The van der Waals surface area contributed by atoms with Crippen LogP contribution < -0.4 is 0 Å². The molecule has 2 rings (SSSR count). The van der Waals surface area contributed by atoms with Crippen molar-refractivity contribution in [2.45, 2.75) is 76.8 Å². The van der Waals surface area contributed by atoms with E-state index >= 15 is 0 Å². The van der Waals surface area contributed by atoms with Gasteiger partial charge >= 0.3 is 5.97 Å². The number of carboxylic acids is 1. The molecule has 7 heteroatoms. The van der Waals surface area contributed by atoms with Crippen molar-refractivity contribution in [2.75, 3.05) is 0 Å². The number of ether oxygens (including phenoxy) is 2. The van der Waals surface area contributed by atoms with E-state index in [0.717, 1.165) is 19.3 Å². The molecule has 0 bridgehead atoms. The predicted molar refractivity (Wildman–Crippen MR) is 80.5 cm³/mol. The Labute approximate surface area is 136 Å². The lowest BCUT2D eigenvalue weighted by Crippen LogP contribution is -2.61. The molecule has 1 heterocycles. The molecule has 1 saturated carbocycles. The molecule has 0 aromatic carbocycles. The fourth-order valence-corrected chi connectivity index (χ4v) is 3.61. The highest BCUT2D eigenvalue weighted by molar-refractivity contribution is 5.73. The molecule has 0 amide bonds. The quantitative estimate of drug-likeness (QED) is 0.587. The lowest BCUT2D eigenvalue weighted by molar-refractivity contribution is -0.311. The zero-order chi connectivity index (χ0) is 17.3. The molecular weight excluding hydrogens is 304 g/mol. The molecule has 0 aromatic rings. The minimum Gasteiger partial charge on any atom is -0.479 e. The Morgan fingerprint density at radius 3 is 2.35 bits per heavy atom. The normalized spacial score (nSPS) is 45.2. The minimum absolute atomic E-state index is 0.171. The van der Waals surface area contributed by atoms with Gasteiger partial charge in [-0.25, -0.2) is 4.79 Å². The highest BCUT2D eigenvalue weighted by Gasteiger charge is 2.48. The largest absolute Gasteiger partial charge is 0.479 e. The molecule has 0 radical (unpaired) electrons. The van der Waals surface area contributed by atoms with Crippen molar-refractivity contribution < 1.29 is 34.7 Å². The second-order valence-corrected chi connectivity index (χ2v) is 7.24. The maximum absolute atomic E-state index is 11.1. The number of hydrogen-bond donors (Lipinski definition) is 4. The van der Waals surface area contributed by atoms with E-state index in [1.807, 2.05) is 0 Å². The third-order valence-corrected chi connectivity index (χ3v) is 5.08. The van der Waals surface area contributed by atoms with Crippen molar-refractivity contribution in [3.05, 3.63) is 0 Å². The Kier molecular flexibility index (Phi) is 6.02. The molecule has 1 aliphatic heterocycles. The van der Waals surface area contributed by atoms with Gasteiger partial charge in [0.25, 0.3) is 0 Å². The Bertz CT molecular complexity index is 413. The Balaban J connectivity index is 2.11. The predicted octanol–water partition coefficient (Wildman–Crippen LogP) is 0.356. The highest BCUT2D eigenvalue weighted by atomic mass is 16.7. The van der Waals surface area contributed by atoms with E-state index in [0.29, 0.717) is 11.8 Å². The molecule has 0 aromatic heterocycles. The summed E-state index contributed by atoms with van der Waals surface area (Å²) in [4.78, 5) is 11.1. The molecule has 4 N–H and O–H groups in total. The van der Waals surface area contributed by atoms with Gasteiger partial charge in [-0.2, -0.15) is 0 Å². The van der Waals surface area contributed by atoms with Gasteiger partial charge in [0.15, 0.2) is 12.4 Å². The molecular formula is C16H28O7. The standard InChI is InChI=1S/C16H28O7/c1-7(2)9-5-4-8(3)6-10(9)22-16-13(19)11(17)12(18)14(23-16)15(20)21/h7-14,16-19H,4-6H2,1-3H3,(H,20,21). The molecule has 2 fully saturated rings. The monoisotopic (exact) mass is 332 g/mol. The summed E-state index contributed by atoms with van der Waals surface area (Å²) in [5, 5.41) is 38.7. The van der Waals surface area contributed by atoms with E-state index < -0.39 is 36.7 Å². The second-order valence-electron chi connectivity index (χ2n) is 7.24. The number of carbonyl (C=O) groups is 1. The van der Waals surface area contributed by atoms with Gasteiger partial charge in [0.1, 0.15) is 18.3 Å². The third kappa shape index (κ3) is 4.03. The topological polar surface area (TPSA) is 116 Å². The minimum atomic E-state index is -1.69. The molecule has 134 valence electrons. The zero-order valence-corrected chi connectivity index (χ0v) is 13.8. The first kappa shape index (κ1) is 18.6. The van der Waals surface area contributed by atoms with Crippen LogP contribution in [-0.4, -0.2) is 63.2 Å². The third-order valence-electron chi connectivity index (χ3n) is 5.08. The first-order valence-electron chi connectivity index (χ1n) is 8.30. The van der Waals surface area contributed by atoms with Gasteiger partial charge in [-0.3, -0.25) is 0 Å². The van der Waals surface area contributed by atoms with Gasteiger partial charge in [-0.15, -0.1) is 0 Å². The number of aliphatic hydroxyl groups excluding tert-OH is 3. The van der Waals surface area contributed by atoms with Crippen molar-refractivity contribution in [1.29, 1.82) is 0 Å². The van der Waals surface area contributed by atoms with E-state index in [-0.39, 0.29) is 12.0 Å². The van der Waals surface area contributed by atoms with E-state index in [2.05, 4.69) is 20.8 Å². The lowest BCUT2D eigenvalue weighted by Gasteiger charge is -2.43. The van der Waals surface area contributed by atoms with Crippen molar-refractivity contribution in [2.24, 2.45) is 17.8 Å². The van der Waals surface area contributed by atoms with Gasteiger partial charge < -0.3 is 29.9 Å². The Morgan fingerprint density at radius 2 is 1.78 bits per heavy atom. The summed E-state index contributed by atoms with van der Waals surface area (Å²) in [6.07, 6.45) is -4.92. The summed E-state index contributed by atoms with van der Waals surface area (Å²) in [5.41, 5.74) is 0. The van der Waals surface area contributed by atoms with Crippen molar-refractivity contribution in [1.82, 2.24) is 0 Å².